The Kier molecular flexibility index (Phi) is 34.5. The Labute approximate surface area is 363 Å². The van der Waals surface area contributed by atoms with Crippen LogP contribution in [0.2, 0.25) is 0 Å². The first-order valence-corrected chi connectivity index (χ1v) is 24.8. The van der Waals surface area contributed by atoms with Crippen molar-refractivity contribution in [1.29, 1.82) is 0 Å². The highest BCUT2D eigenvalue weighted by atomic mass is 32.2. The molecule has 13 heteroatoms. The van der Waals surface area contributed by atoms with Crippen LogP contribution in [0.15, 0.2) is 48.6 Å². The van der Waals surface area contributed by atoms with Crippen molar-refractivity contribution >= 4 is 22.1 Å². The van der Waals surface area contributed by atoms with Crippen molar-refractivity contribution in [2.75, 3.05) is 19.0 Å². The predicted molar refractivity (Wildman–Crippen MR) is 238 cm³/mol. The molecule has 1 aliphatic rings. The summed E-state index contributed by atoms with van der Waals surface area (Å²) in [5.74, 6) is -2.26. The molecule has 12 nitrogen and oxygen atoms in total. The van der Waals surface area contributed by atoms with Gasteiger partial charge in [0.05, 0.1) is 6.61 Å². The summed E-state index contributed by atoms with van der Waals surface area (Å²) in [5, 5.41) is 30.9. The number of ether oxygens (including phenoxy) is 4. The van der Waals surface area contributed by atoms with Crippen LogP contribution in [-0.2, 0) is 38.7 Å². The molecule has 0 radical (unpaired) electrons. The summed E-state index contributed by atoms with van der Waals surface area (Å²) in [6.45, 7) is 3.63. The molecule has 1 fully saturated rings. The fraction of sp³-hybridized carbons (Fsp3) is 0.787. The number of carbonyl (C=O) groups is 2. The summed E-state index contributed by atoms with van der Waals surface area (Å²) >= 11 is 0. The van der Waals surface area contributed by atoms with E-state index >= 15 is 0 Å². The average Bonchev–Trinajstić information content (AvgIpc) is 3.21. The second-order valence-corrected chi connectivity index (χ2v) is 17.6. The second kappa shape index (κ2) is 37.2. The molecule has 0 amide bonds. The minimum Gasteiger partial charge on any atom is -0.462 e. The van der Waals surface area contributed by atoms with Crippen molar-refractivity contribution in [3.8, 4) is 0 Å². The number of allylic oxidation sites excluding steroid dienone is 7. The minimum atomic E-state index is -4.61. The van der Waals surface area contributed by atoms with Gasteiger partial charge < -0.3 is 34.3 Å². The molecule has 1 heterocycles. The van der Waals surface area contributed by atoms with Crippen molar-refractivity contribution in [1.82, 2.24) is 0 Å². The van der Waals surface area contributed by atoms with E-state index in [2.05, 4.69) is 38.2 Å². The summed E-state index contributed by atoms with van der Waals surface area (Å²) in [6.07, 6.45) is 35.0. The van der Waals surface area contributed by atoms with Gasteiger partial charge >= 0.3 is 11.9 Å². The Balaban J connectivity index is 2.49. The molecule has 0 aromatic rings. The van der Waals surface area contributed by atoms with Crippen molar-refractivity contribution in [3.63, 3.8) is 0 Å². The molecule has 0 bridgehead atoms. The molecule has 0 aliphatic carbocycles. The van der Waals surface area contributed by atoms with Gasteiger partial charge in [0.1, 0.15) is 36.8 Å². The second-order valence-electron chi connectivity index (χ2n) is 16.1. The first kappa shape index (κ1) is 55.6. The number of hydrogen-bond acceptors (Lipinski definition) is 11. The molecule has 1 rings (SSSR count). The first-order valence-electron chi connectivity index (χ1n) is 23.2. The van der Waals surface area contributed by atoms with E-state index in [-0.39, 0.29) is 13.0 Å². The van der Waals surface area contributed by atoms with Gasteiger partial charge in [0.2, 0.25) is 0 Å². The lowest BCUT2D eigenvalue weighted by Crippen LogP contribution is -2.60. The summed E-state index contributed by atoms with van der Waals surface area (Å²) in [6, 6.07) is 0. The highest BCUT2D eigenvalue weighted by molar-refractivity contribution is 7.85. The molecule has 6 atom stereocenters. The van der Waals surface area contributed by atoms with E-state index in [1.165, 1.54) is 102 Å². The number of hydrogen-bond donors (Lipinski definition) is 4. The van der Waals surface area contributed by atoms with Crippen LogP contribution in [-0.4, -0.2) is 96.0 Å². The standard InChI is InChI=1S/C47H82O12S/c1-3-5-7-9-11-13-15-17-19-20-22-23-25-27-29-31-33-35-42(48)56-37-40(38-57-47-46(52)45(51)44(50)41(59-47)39-60(53,54)55)58-43(49)36-34-32-30-28-26-24-21-18-16-14-12-10-8-6-4-2/h11,13,17,19,30,32,34,36,40-41,44-47,50-52H,3-10,12,14-16,18,20-29,31,33,35,37-39H2,1-2H3,(H,53,54,55)/b13-11+,19-17+,32-30+,36-34+/t40-,41-,44-,45?,46?,47+/m1/s1. The Hall–Kier alpha value is -2.39. The van der Waals surface area contributed by atoms with E-state index in [4.69, 9.17) is 18.9 Å². The summed E-state index contributed by atoms with van der Waals surface area (Å²) < 4.78 is 53.9. The van der Waals surface area contributed by atoms with Crippen LogP contribution in [0.1, 0.15) is 181 Å². The third-order valence-electron chi connectivity index (χ3n) is 10.5. The molecular formula is C47H82O12S. The fourth-order valence-corrected chi connectivity index (χ4v) is 7.54. The zero-order chi connectivity index (χ0) is 44.1. The number of unbranched alkanes of at least 4 members (excludes halogenated alkanes) is 21. The number of esters is 2. The van der Waals surface area contributed by atoms with Crippen LogP contribution < -0.4 is 0 Å². The molecule has 348 valence electrons. The van der Waals surface area contributed by atoms with E-state index in [0.717, 1.165) is 57.8 Å². The Morgan fingerprint density at radius 1 is 0.617 bits per heavy atom. The van der Waals surface area contributed by atoms with Crippen LogP contribution in [0, 0.1) is 0 Å². The van der Waals surface area contributed by atoms with Crippen LogP contribution in [0.25, 0.3) is 0 Å². The highest BCUT2D eigenvalue weighted by Gasteiger charge is 2.46. The predicted octanol–water partition coefficient (Wildman–Crippen LogP) is 9.56. The molecule has 0 aromatic heterocycles. The highest BCUT2D eigenvalue weighted by Crippen LogP contribution is 2.24. The third kappa shape index (κ3) is 31.5. The molecule has 2 unspecified atom stereocenters. The number of aliphatic hydroxyl groups is 3. The Morgan fingerprint density at radius 3 is 1.68 bits per heavy atom. The molecule has 0 spiro atoms. The van der Waals surface area contributed by atoms with Gasteiger partial charge in [-0.25, -0.2) is 4.79 Å². The molecule has 0 saturated carbocycles. The summed E-state index contributed by atoms with van der Waals surface area (Å²) in [7, 11) is -4.61. The topological polar surface area (TPSA) is 186 Å². The van der Waals surface area contributed by atoms with Crippen LogP contribution >= 0.6 is 0 Å². The lowest BCUT2D eigenvalue weighted by molar-refractivity contribution is -0.297. The van der Waals surface area contributed by atoms with Gasteiger partial charge in [0.15, 0.2) is 12.4 Å². The molecule has 1 saturated heterocycles. The Morgan fingerprint density at radius 2 is 1.12 bits per heavy atom. The van der Waals surface area contributed by atoms with Gasteiger partial charge in [-0.1, -0.05) is 166 Å². The maximum Gasteiger partial charge on any atom is 0.331 e. The van der Waals surface area contributed by atoms with Crippen LogP contribution in [0.5, 0.6) is 0 Å². The maximum absolute atomic E-state index is 12.7. The molecule has 1 aliphatic heterocycles. The summed E-state index contributed by atoms with van der Waals surface area (Å²) in [4.78, 5) is 25.3. The van der Waals surface area contributed by atoms with Gasteiger partial charge in [-0.05, 0) is 51.4 Å². The molecule has 4 N–H and O–H groups in total. The van der Waals surface area contributed by atoms with Crippen molar-refractivity contribution in [2.24, 2.45) is 0 Å². The molecular weight excluding hydrogens is 789 g/mol. The number of aliphatic hydroxyl groups excluding tert-OH is 3. The van der Waals surface area contributed by atoms with Gasteiger partial charge in [-0.2, -0.15) is 8.42 Å². The molecule has 0 aromatic carbocycles. The van der Waals surface area contributed by atoms with E-state index in [0.29, 0.717) is 6.42 Å². The maximum atomic E-state index is 12.7. The normalized spacial score (nSPS) is 20.5. The summed E-state index contributed by atoms with van der Waals surface area (Å²) in [5.41, 5.74) is 0. The fourth-order valence-electron chi connectivity index (χ4n) is 6.85. The lowest BCUT2D eigenvalue weighted by atomic mass is 10.00. The number of rotatable bonds is 38. The smallest absolute Gasteiger partial charge is 0.331 e. The zero-order valence-electron chi connectivity index (χ0n) is 37.1. The van der Waals surface area contributed by atoms with Crippen molar-refractivity contribution in [2.45, 2.75) is 218 Å². The van der Waals surface area contributed by atoms with Crippen LogP contribution in [0.4, 0.5) is 0 Å². The SMILES string of the molecule is CCCCC/C=C/C/C=C/CCCCCCCCCC(=O)OC[C@H](CO[C@H]1O[C@H](CS(=O)(=O)O)[C@@H](O)C(O)C1O)OC(=O)/C=C/C=C/CCCCCCCCCCCCC. The van der Waals surface area contributed by atoms with Gasteiger partial charge in [-0.3, -0.25) is 9.35 Å². The minimum absolute atomic E-state index is 0.190. The van der Waals surface area contributed by atoms with E-state index in [1.807, 2.05) is 6.08 Å². The lowest BCUT2D eigenvalue weighted by Gasteiger charge is -2.40. The number of carbonyl (C=O) groups excluding carboxylic acids is 2. The largest absolute Gasteiger partial charge is 0.462 e. The molecule has 60 heavy (non-hydrogen) atoms. The van der Waals surface area contributed by atoms with Gasteiger partial charge in [-0.15, -0.1) is 0 Å². The van der Waals surface area contributed by atoms with E-state index < -0.39 is 71.2 Å². The zero-order valence-corrected chi connectivity index (χ0v) is 37.9. The Bertz CT molecular complexity index is 1300. The quantitative estimate of drug-likeness (QED) is 0.0115. The van der Waals surface area contributed by atoms with Crippen molar-refractivity contribution in [3.05, 3.63) is 48.6 Å². The van der Waals surface area contributed by atoms with Crippen molar-refractivity contribution < 1.29 is 56.8 Å². The van der Waals surface area contributed by atoms with Gasteiger partial charge in [0.25, 0.3) is 10.1 Å². The third-order valence-corrected chi connectivity index (χ3v) is 11.2. The van der Waals surface area contributed by atoms with E-state index in [9.17, 15) is 37.9 Å². The average molecular weight is 871 g/mol. The van der Waals surface area contributed by atoms with Gasteiger partial charge in [0, 0.05) is 12.5 Å². The van der Waals surface area contributed by atoms with Crippen LogP contribution in [0.3, 0.4) is 0 Å². The van der Waals surface area contributed by atoms with E-state index in [1.54, 1.807) is 12.2 Å². The first-order chi connectivity index (χ1) is 29.0. The monoisotopic (exact) mass is 871 g/mol.